The largest absolute Gasteiger partial charge is 0.381 e. The minimum absolute atomic E-state index is 0. The summed E-state index contributed by atoms with van der Waals surface area (Å²) in [5, 5.41) is 0. The smallest absolute Gasteiger partial charge is 0.120 e. The zero-order chi connectivity index (χ0) is 19.5. The van der Waals surface area contributed by atoms with Crippen LogP contribution in [-0.4, -0.2) is 37.7 Å². The van der Waals surface area contributed by atoms with E-state index in [2.05, 4.69) is 73.3 Å². The first kappa shape index (κ1) is 22.3. The molecule has 2 heterocycles. The van der Waals surface area contributed by atoms with Gasteiger partial charge in [-0.25, -0.2) is 0 Å². The Balaban J connectivity index is 0.00000240. The first-order valence-electron chi connectivity index (χ1n) is 10.9. The summed E-state index contributed by atoms with van der Waals surface area (Å²) >= 11 is 0. The standard InChI is InChI=1S/C25H33NO2.ClH/c1-3-26(4-2)18-10-15-25(21-11-6-5-7-12-21)23-14-9-8-13-22(23)24(28-25)16-19-27-20-17-24;/h5-9,11-14H,3-4,10,15-20H2,1-2H3;1H. The second-order valence-electron chi connectivity index (χ2n) is 8.08. The van der Waals surface area contributed by atoms with Crippen LogP contribution in [0.25, 0.3) is 0 Å². The van der Waals surface area contributed by atoms with Gasteiger partial charge in [-0.2, -0.15) is 0 Å². The van der Waals surface area contributed by atoms with Crippen molar-refractivity contribution in [1.82, 2.24) is 4.90 Å². The Labute approximate surface area is 181 Å². The number of benzene rings is 2. The predicted molar refractivity (Wildman–Crippen MR) is 121 cm³/mol. The lowest BCUT2D eigenvalue weighted by Gasteiger charge is -2.39. The molecule has 0 bridgehead atoms. The van der Waals surface area contributed by atoms with Gasteiger partial charge in [-0.15, -0.1) is 12.4 Å². The number of fused-ring (bicyclic) bond motifs is 2. The quantitative estimate of drug-likeness (QED) is 0.595. The first-order chi connectivity index (χ1) is 13.7. The van der Waals surface area contributed by atoms with E-state index in [0.29, 0.717) is 0 Å². The number of hydrogen-bond donors (Lipinski definition) is 0. The molecular formula is C25H34ClNO2. The van der Waals surface area contributed by atoms with Crippen LogP contribution in [0.1, 0.15) is 56.2 Å². The fraction of sp³-hybridized carbons (Fsp3) is 0.520. The second-order valence-corrected chi connectivity index (χ2v) is 8.08. The lowest BCUT2D eigenvalue weighted by Crippen LogP contribution is -2.38. The third-order valence-electron chi connectivity index (χ3n) is 6.66. The van der Waals surface area contributed by atoms with E-state index in [1.54, 1.807) is 0 Å². The van der Waals surface area contributed by atoms with Crippen molar-refractivity contribution in [3.8, 4) is 0 Å². The van der Waals surface area contributed by atoms with Gasteiger partial charge in [-0.1, -0.05) is 68.4 Å². The molecule has 0 saturated carbocycles. The van der Waals surface area contributed by atoms with Crippen LogP contribution in [0.15, 0.2) is 54.6 Å². The molecule has 0 amide bonds. The van der Waals surface area contributed by atoms with Gasteiger partial charge >= 0.3 is 0 Å². The molecule has 0 N–H and O–H groups in total. The van der Waals surface area contributed by atoms with Gasteiger partial charge in [-0.3, -0.25) is 0 Å². The van der Waals surface area contributed by atoms with Gasteiger partial charge in [-0.05, 0) is 49.2 Å². The molecule has 2 aliphatic heterocycles. The molecule has 2 aliphatic rings. The van der Waals surface area contributed by atoms with E-state index < -0.39 is 0 Å². The maximum atomic E-state index is 7.18. The average molecular weight is 416 g/mol. The van der Waals surface area contributed by atoms with E-state index >= 15 is 0 Å². The molecule has 1 fully saturated rings. The number of nitrogens with zero attached hydrogens (tertiary/aromatic N) is 1. The minimum Gasteiger partial charge on any atom is -0.381 e. The molecule has 4 heteroatoms. The number of halogens is 1. The number of ether oxygens (including phenoxy) is 2. The van der Waals surface area contributed by atoms with Crippen molar-refractivity contribution in [3.63, 3.8) is 0 Å². The van der Waals surface area contributed by atoms with Crippen LogP contribution in [0, 0.1) is 0 Å². The molecule has 1 spiro atoms. The maximum Gasteiger partial charge on any atom is 0.120 e. The fourth-order valence-corrected chi connectivity index (χ4v) is 5.09. The van der Waals surface area contributed by atoms with Gasteiger partial charge in [0.25, 0.3) is 0 Å². The van der Waals surface area contributed by atoms with Crippen LogP contribution in [-0.2, 0) is 20.7 Å². The van der Waals surface area contributed by atoms with Crippen LogP contribution in [0.5, 0.6) is 0 Å². The molecule has 2 aromatic rings. The monoisotopic (exact) mass is 415 g/mol. The Kier molecular flexibility index (Phi) is 7.39. The molecule has 0 radical (unpaired) electrons. The minimum atomic E-state index is -0.359. The molecule has 1 unspecified atom stereocenters. The summed E-state index contributed by atoms with van der Waals surface area (Å²) in [7, 11) is 0. The van der Waals surface area contributed by atoms with E-state index in [1.807, 2.05) is 0 Å². The highest BCUT2D eigenvalue weighted by Crippen LogP contribution is 2.56. The van der Waals surface area contributed by atoms with Gasteiger partial charge in [0.15, 0.2) is 0 Å². The van der Waals surface area contributed by atoms with Crippen LogP contribution in [0.3, 0.4) is 0 Å². The van der Waals surface area contributed by atoms with Crippen molar-refractivity contribution in [3.05, 3.63) is 71.3 Å². The van der Waals surface area contributed by atoms with Crippen LogP contribution >= 0.6 is 12.4 Å². The number of rotatable bonds is 7. The topological polar surface area (TPSA) is 21.7 Å². The summed E-state index contributed by atoms with van der Waals surface area (Å²) in [5.74, 6) is 0. The van der Waals surface area contributed by atoms with Gasteiger partial charge < -0.3 is 14.4 Å². The normalized spacial score (nSPS) is 22.4. The van der Waals surface area contributed by atoms with E-state index in [-0.39, 0.29) is 23.6 Å². The molecule has 0 aromatic heterocycles. The van der Waals surface area contributed by atoms with Gasteiger partial charge in [0, 0.05) is 26.1 Å². The molecule has 4 rings (SSSR count). The molecule has 158 valence electrons. The lowest BCUT2D eigenvalue weighted by atomic mass is 9.79. The predicted octanol–water partition coefficient (Wildman–Crippen LogP) is 5.51. The van der Waals surface area contributed by atoms with E-state index in [4.69, 9.17) is 9.47 Å². The third kappa shape index (κ3) is 4.11. The summed E-state index contributed by atoms with van der Waals surface area (Å²) in [5.41, 5.74) is 3.46. The molecule has 0 aliphatic carbocycles. The zero-order valence-electron chi connectivity index (χ0n) is 17.7. The van der Waals surface area contributed by atoms with E-state index in [0.717, 1.165) is 58.5 Å². The molecule has 29 heavy (non-hydrogen) atoms. The lowest BCUT2D eigenvalue weighted by molar-refractivity contribution is -0.166. The second kappa shape index (κ2) is 9.61. The Morgan fingerprint density at radius 1 is 0.862 bits per heavy atom. The summed E-state index contributed by atoms with van der Waals surface area (Å²) in [6.45, 7) is 9.37. The van der Waals surface area contributed by atoms with Gasteiger partial charge in [0.1, 0.15) is 5.60 Å². The molecule has 1 saturated heterocycles. The van der Waals surface area contributed by atoms with Crippen LogP contribution < -0.4 is 0 Å². The zero-order valence-corrected chi connectivity index (χ0v) is 18.5. The Bertz CT molecular complexity index is 771. The fourth-order valence-electron chi connectivity index (χ4n) is 5.09. The Morgan fingerprint density at radius 3 is 2.14 bits per heavy atom. The van der Waals surface area contributed by atoms with Gasteiger partial charge in [0.2, 0.25) is 0 Å². The summed E-state index contributed by atoms with van der Waals surface area (Å²) < 4.78 is 12.9. The van der Waals surface area contributed by atoms with E-state index in [9.17, 15) is 0 Å². The highest BCUT2D eigenvalue weighted by atomic mass is 35.5. The van der Waals surface area contributed by atoms with Crippen LogP contribution in [0.2, 0.25) is 0 Å². The molecule has 2 aromatic carbocycles. The molecule has 1 atom stereocenters. The van der Waals surface area contributed by atoms with Crippen molar-refractivity contribution in [2.24, 2.45) is 0 Å². The highest BCUT2D eigenvalue weighted by Gasteiger charge is 2.54. The Morgan fingerprint density at radius 2 is 1.48 bits per heavy atom. The summed E-state index contributed by atoms with van der Waals surface area (Å²) in [6, 6.07) is 19.8. The van der Waals surface area contributed by atoms with Crippen molar-refractivity contribution in [2.75, 3.05) is 32.8 Å². The summed E-state index contributed by atoms with van der Waals surface area (Å²) in [4.78, 5) is 2.50. The highest BCUT2D eigenvalue weighted by molar-refractivity contribution is 5.85. The Hall–Kier alpha value is -1.39. The number of hydrogen-bond acceptors (Lipinski definition) is 3. The molecule has 3 nitrogen and oxygen atoms in total. The summed E-state index contributed by atoms with van der Waals surface area (Å²) in [6.07, 6.45) is 4.01. The van der Waals surface area contributed by atoms with Gasteiger partial charge in [0.05, 0.1) is 5.60 Å². The van der Waals surface area contributed by atoms with Crippen molar-refractivity contribution in [2.45, 2.75) is 50.7 Å². The SMILES string of the molecule is CCN(CC)CCCC1(c2ccccc2)OC2(CCOCC2)c2ccccc21.Cl. The van der Waals surface area contributed by atoms with Crippen LogP contribution in [0.4, 0.5) is 0 Å². The van der Waals surface area contributed by atoms with Crippen molar-refractivity contribution < 1.29 is 9.47 Å². The van der Waals surface area contributed by atoms with E-state index in [1.165, 1.54) is 16.7 Å². The molecular weight excluding hydrogens is 382 g/mol. The first-order valence-corrected chi connectivity index (χ1v) is 10.9. The van der Waals surface area contributed by atoms with Crippen molar-refractivity contribution in [1.29, 1.82) is 0 Å². The van der Waals surface area contributed by atoms with Crippen molar-refractivity contribution >= 4 is 12.4 Å². The maximum absolute atomic E-state index is 7.18. The average Bonchev–Trinajstić information content (AvgIpc) is 3.03. The third-order valence-corrected chi connectivity index (χ3v) is 6.66.